The maximum atomic E-state index is 12.9. The molecule has 5 nitrogen and oxygen atoms in total. The van der Waals surface area contributed by atoms with Gasteiger partial charge in [-0.1, -0.05) is 71.9 Å². The third kappa shape index (κ3) is 6.17. The second-order valence-electron chi connectivity index (χ2n) is 12.2. The molecule has 0 aromatic heterocycles. The Morgan fingerprint density at radius 3 is 2.42 bits per heavy atom. The van der Waals surface area contributed by atoms with E-state index in [4.69, 9.17) is 0 Å². The van der Waals surface area contributed by atoms with Gasteiger partial charge < -0.3 is 15.7 Å². The highest BCUT2D eigenvalue weighted by molar-refractivity contribution is 5.78. The van der Waals surface area contributed by atoms with Crippen molar-refractivity contribution in [2.75, 3.05) is 0 Å². The molecule has 2 saturated carbocycles. The summed E-state index contributed by atoms with van der Waals surface area (Å²) in [4.78, 5) is 25.6. The zero-order chi connectivity index (χ0) is 24.4. The van der Waals surface area contributed by atoms with Crippen LogP contribution in [0.3, 0.4) is 0 Å². The van der Waals surface area contributed by atoms with E-state index in [0.29, 0.717) is 13.0 Å². The highest BCUT2D eigenvalue weighted by Crippen LogP contribution is 2.55. The van der Waals surface area contributed by atoms with E-state index in [1.807, 2.05) is 37.3 Å². The number of amides is 2. The van der Waals surface area contributed by atoms with Crippen LogP contribution >= 0.6 is 0 Å². The molecule has 33 heavy (non-hydrogen) atoms. The molecule has 184 valence electrons. The molecule has 0 spiro atoms. The topological polar surface area (TPSA) is 78.4 Å². The standard InChI is InChI=1S/C28H44N2O3/c1-18(26(33)29-17-20-10-8-7-9-11-20)21-12-14-28(6)15-13-22(19(2)24(28)25(21)32)30-23(31)16-27(3,4)5/h7-11,18-19,21-22,24-25,32H,12-17H2,1-6H3,(H,29,33)(H,30,31)/t18-,19+,21-,22-,24+,25-,28-/m0/s1. The van der Waals surface area contributed by atoms with Crippen LogP contribution in [0.15, 0.2) is 30.3 Å². The van der Waals surface area contributed by atoms with Crippen molar-refractivity contribution < 1.29 is 14.7 Å². The summed E-state index contributed by atoms with van der Waals surface area (Å²) in [5.74, 6) is 0.0319. The van der Waals surface area contributed by atoms with E-state index in [0.717, 1.165) is 31.2 Å². The number of aliphatic hydroxyl groups is 1. The van der Waals surface area contributed by atoms with Crippen LogP contribution in [0, 0.1) is 34.5 Å². The first kappa shape index (κ1) is 25.7. The summed E-state index contributed by atoms with van der Waals surface area (Å²) >= 11 is 0. The predicted molar refractivity (Wildman–Crippen MR) is 132 cm³/mol. The number of hydrogen-bond acceptors (Lipinski definition) is 3. The average Bonchev–Trinajstić information content (AvgIpc) is 2.73. The van der Waals surface area contributed by atoms with Gasteiger partial charge >= 0.3 is 0 Å². The van der Waals surface area contributed by atoms with Crippen molar-refractivity contribution in [3.8, 4) is 0 Å². The van der Waals surface area contributed by atoms with Gasteiger partial charge in [0.25, 0.3) is 0 Å². The Hall–Kier alpha value is -1.88. The second-order valence-corrected chi connectivity index (χ2v) is 12.2. The Kier molecular flexibility index (Phi) is 7.93. The van der Waals surface area contributed by atoms with Crippen molar-refractivity contribution in [1.82, 2.24) is 10.6 Å². The normalized spacial score (nSPS) is 33.0. The predicted octanol–water partition coefficient (Wildman–Crippen LogP) is 4.68. The fraction of sp³-hybridized carbons (Fsp3) is 0.714. The van der Waals surface area contributed by atoms with E-state index in [1.165, 1.54) is 0 Å². The molecule has 0 radical (unpaired) electrons. The minimum absolute atomic E-state index is 0.00463. The number of rotatable bonds is 6. The average molecular weight is 457 g/mol. The number of hydrogen-bond donors (Lipinski definition) is 3. The molecule has 0 saturated heterocycles. The van der Waals surface area contributed by atoms with Gasteiger partial charge in [-0.15, -0.1) is 0 Å². The molecule has 3 rings (SSSR count). The van der Waals surface area contributed by atoms with Gasteiger partial charge in [-0.05, 0) is 59.8 Å². The zero-order valence-corrected chi connectivity index (χ0v) is 21.4. The van der Waals surface area contributed by atoms with Gasteiger partial charge in [0.1, 0.15) is 0 Å². The fourth-order valence-electron chi connectivity index (χ4n) is 6.38. The summed E-state index contributed by atoms with van der Waals surface area (Å²) < 4.78 is 0. The Morgan fingerprint density at radius 1 is 1.15 bits per heavy atom. The van der Waals surface area contributed by atoms with Crippen molar-refractivity contribution in [2.45, 2.75) is 92.3 Å². The van der Waals surface area contributed by atoms with Crippen LogP contribution in [0.1, 0.15) is 79.2 Å². The maximum Gasteiger partial charge on any atom is 0.223 e. The van der Waals surface area contributed by atoms with E-state index >= 15 is 0 Å². The summed E-state index contributed by atoms with van der Waals surface area (Å²) in [6.45, 7) is 13.2. The Balaban J connectivity index is 1.65. The lowest BCUT2D eigenvalue weighted by molar-refractivity contribution is -0.144. The minimum Gasteiger partial charge on any atom is -0.392 e. The lowest BCUT2D eigenvalue weighted by Crippen LogP contribution is -2.58. The first-order valence-electron chi connectivity index (χ1n) is 12.7. The van der Waals surface area contributed by atoms with Crippen molar-refractivity contribution >= 4 is 11.8 Å². The van der Waals surface area contributed by atoms with Gasteiger partial charge in [0.2, 0.25) is 11.8 Å². The molecule has 1 aromatic carbocycles. The Morgan fingerprint density at radius 2 is 1.79 bits per heavy atom. The molecule has 7 atom stereocenters. The first-order valence-corrected chi connectivity index (χ1v) is 12.7. The van der Waals surface area contributed by atoms with Crippen molar-refractivity contribution in [1.29, 1.82) is 0 Å². The largest absolute Gasteiger partial charge is 0.392 e. The van der Waals surface area contributed by atoms with Gasteiger partial charge in [-0.25, -0.2) is 0 Å². The molecule has 0 heterocycles. The highest BCUT2D eigenvalue weighted by atomic mass is 16.3. The molecule has 2 aliphatic rings. The molecule has 2 fully saturated rings. The third-order valence-corrected chi connectivity index (χ3v) is 8.29. The van der Waals surface area contributed by atoms with Crippen molar-refractivity contribution in [3.63, 3.8) is 0 Å². The Labute approximate surface area is 200 Å². The van der Waals surface area contributed by atoms with Crippen LogP contribution < -0.4 is 10.6 Å². The monoisotopic (exact) mass is 456 g/mol. The van der Waals surface area contributed by atoms with E-state index in [-0.39, 0.29) is 52.4 Å². The molecule has 3 N–H and O–H groups in total. The summed E-state index contributed by atoms with van der Waals surface area (Å²) in [5, 5.41) is 17.9. The van der Waals surface area contributed by atoms with Crippen LogP contribution in [0.2, 0.25) is 0 Å². The van der Waals surface area contributed by atoms with Crippen molar-refractivity contribution in [3.05, 3.63) is 35.9 Å². The maximum absolute atomic E-state index is 12.9. The molecule has 2 amide bonds. The highest BCUT2D eigenvalue weighted by Gasteiger charge is 2.53. The third-order valence-electron chi connectivity index (χ3n) is 8.29. The van der Waals surface area contributed by atoms with Crippen LogP contribution in [0.5, 0.6) is 0 Å². The minimum atomic E-state index is -0.543. The molecule has 1 aromatic rings. The number of benzene rings is 1. The van der Waals surface area contributed by atoms with Crippen LogP contribution in [-0.4, -0.2) is 29.1 Å². The molecule has 0 unspecified atom stereocenters. The summed E-state index contributed by atoms with van der Waals surface area (Å²) in [7, 11) is 0. The molecule has 0 aliphatic heterocycles. The lowest BCUT2D eigenvalue weighted by Gasteiger charge is -2.56. The number of nitrogens with one attached hydrogen (secondary N) is 2. The Bertz CT molecular complexity index is 818. The number of carbonyl (C=O) groups is 2. The molecular weight excluding hydrogens is 412 g/mol. The van der Waals surface area contributed by atoms with Gasteiger partial charge in [-0.3, -0.25) is 9.59 Å². The molecule has 0 bridgehead atoms. The van der Waals surface area contributed by atoms with Gasteiger partial charge in [-0.2, -0.15) is 0 Å². The fourth-order valence-corrected chi connectivity index (χ4v) is 6.38. The van der Waals surface area contributed by atoms with E-state index in [1.54, 1.807) is 0 Å². The van der Waals surface area contributed by atoms with Crippen LogP contribution in [-0.2, 0) is 16.1 Å². The van der Waals surface area contributed by atoms with Crippen molar-refractivity contribution in [2.24, 2.45) is 34.5 Å². The smallest absolute Gasteiger partial charge is 0.223 e. The number of carbonyl (C=O) groups excluding carboxylic acids is 2. The number of aliphatic hydroxyl groups excluding tert-OH is 1. The van der Waals surface area contributed by atoms with Crippen LogP contribution in [0.4, 0.5) is 0 Å². The summed E-state index contributed by atoms with van der Waals surface area (Å²) in [6, 6.07) is 9.99. The first-order chi connectivity index (χ1) is 15.4. The van der Waals surface area contributed by atoms with Gasteiger partial charge in [0.05, 0.1) is 6.10 Å². The van der Waals surface area contributed by atoms with E-state index in [2.05, 4.69) is 45.3 Å². The van der Waals surface area contributed by atoms with Gasteiger partial charge in [0.15, 0.2) is 0 Å². The van der Waals surface area contributed by atoms with E-state index < -0.39 is 6.10 Å². The zero-order valence-electron chi connectivity index (χ0n) is 21.4. The molecule has 5 heteroatoms. The quantitative estimate of drug-likeness (QED) is 0.581. The number of fused-ring (bicyclic) bond motifs is 1. The van der Waals surface area contributed by atoms with Gasteiger partial charge in [0, 0.05) is 24.9 Å². The lowest BCUT2D eigenvalue weighted by atomic mass is 9.51. The van der Waals surface area contributed by atoms with Crippen LogP contribution in [0.25, 0.3) is 0 Å². The van der Waals surface area contributed by atoms with E-state index in [9.17, 15) is 14.7 Å². The molecular formula is C28H44N2O3. The summed E-state index contributed by atoms with van der Waals surface area (Å²) in [6.07, 6.45) is 3.79. The second kappa shape index (κ2) is 10.2. The molecule has 2 aliphatic carbocycles. The SMILES string of the molecule is C[C@H]1[C@@H]2[C@@H](O)[C@H]([C@H](C)C(=O)NCc3ccccc3)CC[C@@]2(C)CC[C@@H]1NC(=O)CC(C)(C)C. The summed E-state index contributed by atoms with van der Waals surface area (Å²) in [5.41, 5.74) is 1.08.